The van der Waals surface area contributed by atoms with Gasteiger partial charge < -0.3 is 0 Å². The minimum atomic E-state index is -0.320. The zero-order chi connectivity index (χ0) is 18.0. The smallest absolute Gasteiger partial charge is 0.230 e. The molecule has 0 heterocycles. The van der Waals surface area contributed by atoms with Crippen molar-refractivity contribution in [1.82, 2.24) is 0 Å². The molecule has 1 N–H and O–H groups in total. The first-order valence-corrected chi connectivity index (χ1v) is 9.15. The zero-order valence-corrected chi connectivity index (χ0v) is 15.5. The molecule has 0 spiro atoms. The quantitative estimate of drug-likeness (QED) is 0.862. The fourth-order valence-corrected chi connectivity index (χ4v) is 3.66. The maximum Gasteiger partial charge on any atom is 0.328 e. The molecular formula is C20H20Cl2NO2+. The van der Waals surface area contributed by atoms with Crippen molar-refractivity contribution in [2.24, 2.45) is 5.92 Å². The lowest BCUT2D eigenvalue weighted by Gasteiger charge is -2.16. The van der Waals surface area contributed by atoms with Gasteiger partial charge in [-0.3, -0.25) is 0 Å². The molecule has 1 unspecified atom stereocenters. The Morgan fingerprint density at radius 3 is 2.16 bits per heavy atom. The second-order valence-electron chi connectivity index (χ2n) is 6.54. The molecule has 1 aliphatic carbocycles. The molecule has 5 heteroatoms. The molecular weight excluding hydrogens is 357 g/mol. The van der Waals surface area contributed by atoms with Gasteiger partial charge in [0.2, 0.25) is 0 Å². The number of halogens is 2. The first kappa shape index (κ1) is 18.1. The van der Waals surface area contributed by atoms with Gasteiger partial charge >= 0.3 is 11.8 Å². The van der Waals surface area contributed by atoms with Crippen LogP contribution in [0.3, 0.4) is 0 Å². The highest BCUT2D eigenvalue weighted by molar-refractivity contribution is 6.38. The van der Waals surface area contributed by atoms with Gasteiger partial charge in [-0.25, -0.2) is 9.59 Å². The molecule has 1 saturated carbocycles. The second kappa shape index (κ2) is 7.69. The lowest BCUT2D eigenvalue weighted by Crippen LogP contribution is -3.12. The second-order valence-corrected chi connectivity index (χ2v) is 7.36. The van der Waals surface area contributed by atoms with Crippen molar-refractivity contribution in [3.05, 3.63) is 63.6 Å². The summed E-state index contributed by atoms with van der Waals surface area (Å²) in [7, 11) is 0. The predicted molar refractivity (Wildman–Crippen MR) is 99.3 cm³/mol. The van der Waals surface area contributed by atoms with E-state index in [2.05, 4.69) is 6.07 Å². The van der Waals surface area contributed by atoms with Crippen LogP contribution >= 0.6 is 23.2 Å². The maximum atomic E-state index is 12.9. The van der Waals surface area contributed by atoms with E-state index in [0.29, 0.717) is 15.7 Å². The van der Waals surface area contributed by atoms with Crippen LogP contribution in [0.5, 0.6) is 0 Å². The van der Waals surface area contributed by atoms with Crippen molar-refractivity contribution in [2.75, 3.05) is 0 Å². The number of rotatable bonds is 5. The van der Waals surface area contributed by atoms with Crippen molar-refractivity contribution in [1.29, 1.82) is 0 Å². The molecule has 25 heavy (non-hydrogen) atoms. The highest BCUT2D eigenvalue weighted by Crippen LogP contribution is 2.33. The Kier molecular flexibility index (Phi) is 5.57. The fourth-order valence-electron chi connectivity index (χ4n) is 3.07. The Labute approximate surface area is 157 Å². The summed E-state index contributed by atoms with van der Waals surface area (Å²) < 4.78 is 0. The van der Waals surface area contributed by atoms with Crippen LogP contribution in [0.25, 0.3) is 0 Å². The maximum absolute atomic E-state index is 12.9. The molecule has 0 aromatic heterocycles. The number of benzene rings is 2. The highest BCUT2D eigenvalue weighted by Gasteiger charge is 2.32. The van der Waals surface area contributed by atoms with Crippen LogP contribution < -0.4 is 4.90 Å². The van der Waals surface area contributed by atoms with E-state index in [9.17, 15) is 9.59 Å². The van der Waals surface area contributed by atoms with Gasteiger partial charge in [0, 0.05) is 0 Å². The van der Waals surface area contributed by atoms with Crippen LogP contribution in [0.4, 0.5) is 5.69 Å². The molecule has 0 saturated heterocycles. The molecule has 3 nitrogen and oxygen atoms in total. The van der Waals surface area contributed by atoms with Crippen LogP contribution in [0.15, 0.2) is 42.5 Å². The number of para-hydroxylation sites is 1. The molecule has 2 aromatic carbocycles. The summed E-state index contributed by atoms with van der Waals surface area (Å²) in [6.45, 7) is 1.38. The van der Waals surface area contributed by atoms with E-state index in [0.717, 1.165) is 17.9 Å². The van der Waals surface area contributed by atoms with Gasteiger partial charge in [0.1, 0.15) is 10.0 Å². The molecule has 3 rings (SSSR count). The molecule has 0 radical (unpaired) electrons. The topological polar surface area (TPSA) is 38.6 Å². The predicted octanol–water partition coefficient (Wildman–Crippen LogP) is 3.78. The average Bonchev–Trinajstić information content (AvgIpc) is 3.36. The Bertz CT molecular complexity index is 795. The third-order valence-electron chi connectivity index (χ3n) is 4.52. The summed E-state index contributed by atoms with van der Waals surface area (Å²) in [4.78, 5) is 25.2. The normalized spacial score (nSPS) is 15.0. The minimum absolute atomic E-state index is 0.0804. The highest BCUT2D eigenvalue weighted by atomic mass is 35.5. The number of quaternary nitrogens is 1. The van der Waals surface area contributed by atoms with Gasteiger partial charge in [-0.1, -0.05) is 53.5 Å². The largest absolute Gasteiger partial charge is 0.328 e. The van der Waals surface area contributed by atoms with Crippen LogP contribution in [-0.2, 0) is 22.4 Å². The summed E-state index contributed by atoms with van der Waals surface area (Å²) in [5, 5.41) is 0.634. The minimum Gasteiger partial charge on any atom is -0.230 e. The molecule has 2 amide bonds. The molecule has 1 atom stereocenters. The molecule has 0 bridgehead atoms. The van der Waals surface area contributed by atoms with Gasteiger partial charge in [0.05, 0.1) is 13.3 Å². The van der Waals surface area contributed by atoms with E-state index in [4.69, 9.17) is 23.2 Å². The van der Waals surface area contributed by atoms with Gasteiger partial charge in [-0.05, 0) is 48.4 Å². The number of hydrogen-bond acceptors (Lipinski definition) is 2. The van der Waals surface area contributed by atoms with Crippen molar-refractivity contribution in [3.8, 4) is 0 Å². The van der Waals surface area contributed by atoms with Gasteiger partial charge in [0.25, 0.3) is 0 Å². The van der Waals surface area contributed by atoms with Gasteiger partial charge in [-0.2, -0.15) is 4.90 Å². The number of imide groups is 1. The van der Waals surface area contributed by atoms with E-state index < -0.39 is 0 Å². The molecule has 1 fully saturated rings. The lowest BCUT2D eigenvalue weighted by molar-refractivity contribution is -0.663. The van der Waals surface area contributed by atoms with E-state index in [-0.39, 0.29) is 23.1 Å². The fraction of sp³-hybridized carbons (Fsp3) is 0.300. The summed E-state index contributed by atoms with van der Waals surface area (Å²) in [5.74, 6) is 0.163. The standard InChI is InChI=1S/C20H19Cl2NO2/c1-13(24)23(20-17(21)7-4-8-18(20)22)19(25)12-16-6-3-2-5-15(16)11-14-9-10-14/h2-8,14H,9-12H2,1H3/p+1. The molecule has 0 aliphatic heterocycles. The number of carbonyl (C=O) groups excluding carboxylic acids is 2. The van der Waals surface area contributed by atoms with Gasteiger partial charge in [-0.15, -0.1) is 0 Å². The first-order chi connectivity index (χ1) is 12.0. The first-order valence-electron chi connectivity index (χ1n) is 8.39. The monoisotopic (exact) mass is 376 g/mol. The van der Waals surface area contributed by atoms with E-state index in [1.54, 1.807) is 18.2 Å². The Balaban J connectivity index is 1.89. The Morgan fingerprint density at radius 1 is 1.00 bits per heavy atom. The number of hydrogen-bond donors (Lipinski definition) is 1. The molecule has 130 valence electrons. The number of carbonyl (C=O) groups is 2. The summed E-state index contributed by atoms with van der Waals surface area (Å²) in [6, 6.07) is 12.9. The van der Waals surface area contributed by atoms with Crippen molar-refractivity contribution < 1.29 is 14.5 Å². The molecule has 1 aliphatic rings. The van der Waals surface area contributed by atoms with Crippen LogP contribution in [0.2, 0.25) is 10.0 Å². The Morgan fingerprint density at radius 2 is 1.60 bits per heavy atom. The third kappa shape index (κ3) is 4.30. The van der Waals surface area contributed by atoms with Crippen molar-refractivity contribution in [2.45, 2.75) is 32.6 Å². The average molecular weight is 377 g/mol. The summed E-state index contributed by atoms with van der Waals surface area (Å²) >= 11 is 12.4. The lowest BCUT2D eigenvalue weighted by atomic mass is 9.99. The zero-order valence-electron chi connectivity index (χ0n) is 14.0. The SMILES string of the molecule is CC(=O)[NH+](C(=O)Cc1ccccc1CC1CC1)c1c(Cl)cccc1Cl. The summed E-state index contributed by atoms with van der Waals surface area (Å²) in [6.07, 6.45) is 3.68. The van der Waals surface area contributed by atoms with Gasteiger partial charge in [0.15, 0.2) is 5.69 Å². The van der Waals surface area contributed by atoms with E-state index in [1.165, 1.54) is 25.3 Å². The summed E-state index contributed by atoms with van der Waals surface area (Å²) in [5.41, 5.74) is 2.50. The van der Waals surface area contributed by atoms with Crippen LogP contribution in [0.1, 0.15) is 30.9 Å². The van der Waals surface area contributed by atoms with Crippen LogP contribution in [0, 0.1) is 5.92 Å². The molecule has 2 aromatic rings. The Hall–Kier alpha value is -1.68. The van der Waals surface area contributed by atoms with E-state index in [1.807, 2.05) is 18.2 Å². The van der Waals surface area contributed by atoms with Crippen LogP contribution in [-0.4, -0.2) is 11.8 Å². The van der Waals surface area contributed by atoms with E-state index >= 15 is 0 Å². The number of nitrogens with one attached hydrogen (secondary N) is 1. The third-order valence-corrected chi connectivity index (χ3v) is 5.15. The number of amides is 2. The van der Waals surface area contributed by atoms with Crippen molar-refractivity contribution >= 4 is 40.7 Å². The van der Waals surface area contributed by atoms with Crippen molar-refractivity contribution in [3.63, 3.8) is 0 Å².